The summed E-state index contributed by atoms with van der Waals surface area (Å²) < 4.78 is 1.42. The van der Waals surface area contributed by atoms with Gasteiger partial charge in [0.25, 0.3) is 0 Å². The molecule has 1 heterocycles. The summed E-state index contributed by atoms with van der Waals surface area (Å²) in [6.45, 7) is 10.4. The Balaban J connectivity index is 0.00000144. The third kappa shape index (κ3) is 3.86. The van der Waals surface area contributed by atoms with E-state index < -0.39 is 0 Å². The largest absolute Gasteiger partial charge is 1.00 e. The van der Waals surface area contributed by atoms with Crippen LogP contribution < -0.4 is 12.4 Å². The van der Waals surface area contributed by atoms with Crippen LogP contribution in [-0.2, 0) is 0 Å². The van der Waals surface area contributed by atoms with E-state index in [1.165, 1.54) is 62.8 Å². The Hall–Kier alpha value is 0.250. The van der Waals surface area contributed by atoms with Gasteiger partial charge in [-0.1, -0.05) is 13.3 Å². The zero-order chi connectivity index (χ0) is 8.86. The van der Waals surface area contributed by atoms with Gasteiger partial charge in [0.2, 0.25) is 0 Å². The molecule has 0 aromatic rings. The number of likely N-dealkylation sites (tertiary alicyclic amines) is 1. The number of halogens is 1. The second-order valence-corrected chi connectivity index (χ2v) is 4.24. The van der Waals surface area contributed by atoms with Crippen LogP contribution in [-0.4, -0.2) is 30.7 Å². The molecular formula is C11H24ClN. The monoisotopic (exact) mass is 205 g/mol. The van der Waals surface area contributed by atoms with Crippen LogP contribution >= 0.6 is 0 Å². The lowest BCUT2D eigenvalue weighted by Crippen LogP contribution is -3.00. The summed E-state index contributed by atoms with van der Waals surface area (Å²) >= 11 is 0. The second kappa shape index (κ2) is 6.67. The first kappa shape index (κ1) is 13.2. The molecule has 0 spiro atoms. The summed E-state index contributed by atoms with van der Waals surface area (Å²) in [6, 6.07) is 0. The molecule has 0 saturated carbocycles. The molecule has 1 aliphatic rings. The summed E-state index contributed by atoms with van der Waals surface area (Å²) in [7, 11) is 0. The summed E-state index contributed by atoms with van der Waals surface area (Å²) in [6.07, 6.45) is 7.20. The van der Waals surface area contributed by atoms with Gasteiger partial charge in [0.05, 0.1) is 26.2 Å². The minimum absolute atomic E-state index is 0. The van der Waals surface area contributed by atoms with Crippen molar-refractivity contribution in [1.29, 1.82) is 0 Å². The predicted molar refractivity (Wildman–Crippen MR) is 54.2 cm³/mol. The van der Waals surface area contributed by atoms with E-state index in [0.717, 1.165) is 0 Å². The number of nitrogens with zero attached hydrogens (tertiary/aromatic N) is 1. The third-order valence-corrected chi connectivity index (χ3v) is 3.42. The van der Waals surface area contributed by atoms with Crippen molar-refractivity contribution in [3.05, 3.63) is 0 Å². The molecule has 0 N–H and O–H groups in total. The first-order valence-electron chi connectivity index (χ1n) is 5.68. The Bertz CT molecular complexity index is 119. The van der Waals surface area contributed by atoms with E-state index in [1.807, 2.05) is 0 Å². The SMILES string of the molecule is CCCC[N+]1(CC)CCCCC1.[Cl-]. The lowest BCUT2D eigenvalue weighted by molar-refractivity contribution is -0.931. The van der Waals surface area contributed by atoms with Crippen LogP contribution in [0.3, 0.4) is 0 Å². The van der Waals surface area contributed by atoms with E-state index in [2.05, 4.69) is 13.8 Å². The molecule has 80 valence electrons. The Kier molecular flexibility index (Phi) is 6.79. The maximum Gasteiger partial charge on any atom is 0.0786 e. The average molecular weight is 206 g/mol. The van der Waals surface area contributed by atoms with Crippen molar-refractivity contribution in [2.75, 3.05) is 26.2 Å². The smallest absolute Gasteiger partial charge is 0.0786 e. The number of unbranched alkanes of at least 4 members (excludes halogenated alkanes) is 1. The molecule has 13 heavy (non-hydrogen) atoms. The van der Waals surface area contributed by atoms with Crippen molar-refractivity contribution in [3.63, 3.8) is 0 Å². The van der Waals surface area contributed by atoms with E-state index in [0.29, 0.717) is 0 Å². The number of rotatable bonds is 4. The highest BCUT2D eigenvalue weighted by atomic mass is 35.5. The van der Waals surface area contributed by atoms with Gasteiger partial charge in [-0.05, 0) is 32.6 Å². The van der Waals surface area contributed by atoms with Gasteiger partial charge in [0, 0.05) is 0 Å². The molecule has 0 aliphatic carbocycles. The first-order valence-corrected chi connectivity index (χ1v) is 5.68. The summed E-state index contributed by atoms with van der Waals surface area (Å²) in [4.78, 5) is 0. The molecule has 1 fully saturated rings. The lowest BCUT2D eigenvalue weighted by atomic mass is 10.1. The van der Waals surface area contributed by atoms with E-state index in [1.54, 1.807) is 0 Å². The predicted octanol–water partition coefficient (Wildman–Crippen LogP) is -0.189. The van der Waals surface area contributed by atoms with Crippen molar-refractivity contribution in [2.24, 2.45) is 0 Å². The summed E-state index contributed by atoms with van der Waals surface area (Å²) in [5.41, 5.74) is 0. The van der Waals surface area contributed by atoms with Crippen LogP contribution in [0.1, 0.15) is 46.0 Å². The minimum Gasteiger partial charge on any atom is -1.00 e. The maximum atomic E-state index is 2.36. The maximum absolute atomic E-state index is 2.36. The minimum atomic E-state index is 0. The number of quaternary nitrogens is 1. The molecule has 0 amide bonds. The summed E-state index contributed by atoms with van der Waals surface area (Å²) in [5, 5.41) is 0. The van der Waals surface area contributed by atoms with Crippen LogP contribution in [0.25, 0.3) is 0 Å². The topological polar surface area (TPSA) is 0 Å². The van der Waals surface area contributed by atoms with Gasteiger partial charge in [0.15, 0.2) is 0 Å². The molecule has 0 radical (unpaired) electrons. The summed E-state index contributed by atoms with van der Waals surface area (Å²) in [5.74, 6) is 0. The van der Waals surface area contributed by atoms with Crippen molar-refractivity contribution >= 4 is 0 Å². The number of hydrogen-bond acceptors (Lipinski definition) is 0. The van der Waals surface area contributed by atoms with E-state index in [4.69, 9.17) is 0 Å². The standard InChI is InChI=1S/C11H24N.ClH/c1-3-5-9-12(4-2)10-7-6-8-11-12;/h3-11H2,1-2H3;1H/q+1;/p-1. The Morgan fingerprint density at radius 3 is 2.08 bits per heavy atom. The van der Waals surface area contributed by atoms with E-state index in [-0.39, 0.29) is 12.4 Å². The molecule has 0 atom stereocenters. The highest BCUT2D eigenvalue weighted by Crippen LogP contribution is 2.19. The molecule has 1 aliphatic heterocycles. The van der Waals surface area contributed by atoms with Crippen molar-refractivity contribution in [2.45, 2.75) is 46.0 Å². The molecule has 0 aromatic carbocycles. The zero-order valence-corrected chi connectivity index (χ0v) is 9.95. The van der Waals surface area contributed by atoms with Gasteiger partial charge in [-0.2, -0.15) is 0 Å². The van der Waals surface area contributed by atoms with Crippen molar-refractivity contribution in [3.8, 4) is 0 Å². The number of piperidine rings is 1. The average Bonchev–Trinajstić information content (AvgIpc) is 2.16. The quantitative estimate of drug-likeness (QED) is 0.559. The van der Waals surface area contributed by atoms with Crippen molar-refractivity contribution in [1.82, 2.24) is 0 Å². The fourth-order valence-electron chi connectivity index (χ4n) is 2.37. The van der Waals surface area contributed by atoms with Gasteiger partial charge in [0.1, 0.15) is 0 Å². The van der Waals surface area contributed by atoms with Gasteiger partial charge >= 0.3 is 0 Å². The van der Waals surface area contributed by atoms with Crippen LogP contribution in [0.5, 0.6) is 0 Å². The molecule has 1 saturated heterocycles. The lowest BCUT2D eigenvalue weighted by Gasteiger charge is -2.40. The van der Waals surface area contributed by atoms with Crippen LogP contribution in [0, 0.1) is 0 Å². The van der Waals surface area contributed by atoms with Gasteiger partial charge in [-0.3, -0.25) is 0 Å². The van der Waals surface area contributed by atoms with Crippen LogP contribution in [0.2, 0.25) is 0 Å². The van der Waals surface area contributed by atoms with E-state index in [9.17, 15) is 0 Å². The fourth-order valence-corrected chi connectivity index (χ4v) is 2.37. The van der Waals surface area contributed by atoms with Gasteiger partial charge < -0.3 is 16.9 Å². The molecule has 1 rings (SSSR count). The Labute approximate surface area is 89.5 Å². The Morgan fingerprint density at radius 1 is 1.00 bits per heavy atom. The van der Waals surface area contributed by atoms with Gasteiger partial charge in [-0.25, -0.2) is 0 Å². The van der Waals surface area contributed by atoms with Crippen molar-refractivity contribution < 1.29 is 16.9 Å². The first-order chi connectivity index (χ1) is 5.83. The molecule has 2 heteroatoms. The Morgan fingerprint density at radius 2 is 1.62 bits per heavy atom. The zero-order valence-electron chi connectivity index (χ0n) is 9.19. The third-order valence-electron chi connectivity index (χ3n) is 3.42. The van der Waals surface area contributed by atoms with Gasteiger partial charge in [-0.15, -0.1) is 0 Å². The number of hydrogen-bond donors (Lipinski definition) is 0. The van der Waals surface area contributed by atoms with E-state index >= 15 is 0 Å². The molecule has 1 nitrogen and oxygen atoms in total. The molecule has 0 aromatic heterocycles. The molecular weight excluding hydrogens is 182 g/mol. The molecule has 0 unspecified atom stereocenters. The van der Waals surface area contributed by atoms with Crippen LogP contribution in [0.15, 0.2) is 0 Å². The highest BCUT2D eigenvalue weighted by Gasteiger charge is 2.26. The van der Waals surface area contributed by atoms with Crippen LogP contribution in [0.4, 0.5) is 0 Å². The normalized spacial score (nSPS) is 20.8. The highest BCUT2D eigenvalue weighted by molar-refractivity contribution is 4.53. The second-order valence-electron chi connectivity index (χ2n) is 4.24. The molecule has 0 bridgehead atoms. The fraction of sp³-hybridized carbons (Fsp3) is 1.00.